The summed E-state index contributed by atoms with van der Waals surface area (Å²) in [6, 6.07) is 7.22. The summed E-state index contributed by atoms with van der Waals surface area (Å²) >= 11 is 3.26. The van der Waals surface area contributed by atoms with Crippen molar-refractivity contribution in [2.75, 3.05) is 11.3 Å². The first kappa shape index (κ1) is 19.3. The summed E-state index contributed by atoms with van der Waals surface area (Å²) < 4.78 is 33.1. The quantitative estimate of drug-likeness (QED) is 0.708. The molecule has 0 atom stereocenters. The summed E-state index contributed by atoms with van der Waals surface area (Å²) in [6.45, 7) is 5.38. The average molecular weight is 428 g/mol. The molecule has 0 spiro atoms. The smallest absolute Gasteiger partial charge is 0.338 e. The predicted molar refractivity (Wildman–Crippen MR) is 98.5 cm³/mol. The lowest BCUT2D eigenvalue weighted by Crippen LogP contribution is -2.14. The van der Waals surface area contributed by atoms with Crippen molar-refractivity contribution in [3.8, 4) is 5.75 Å². The Morgan fingerprint density at radius 1 is 1.20 bits per heavy atom. The first-order valence-corrected chi connectivity index (χ1v) is 9.73. The van der Waals surface area contributed by atoms with Gasteiger partial charge in [0.25, 0.3) is 10.0 Å². The molecule has 8 heteroatoms. The van der Waals surface area contributed by atoms with Gasteiger partial charge >= 0.3 is 5.97 Å². The number of aryl methyl sites for hydroxylation is 2. The maximum absolute atomic E-state index is 12.6. The third-order valence-corrected chi connectivity index (χ3v) is 5.76. The molecule has 2 N–H and O–H groups in total. The molecule has 0 fully saturated rings. The molecule has 0 heterocycles. The molecule has 0 saturated heterocycles. The number of hydrogen-bond acceptors (Lipinski definition) is 5. The van der Waals surface area contributed by atoms with Crippen LogP contribution in [0.25, 0.3) is 0 Å². The zero-order chi connectivity index (χ0) is 18.8. The molecule has 0 aliphatic carbocycles. The fourth-order valence-electron chi connectivity index (χ4n) is 2.18. The zero-order valence-corrected chi connectivity index (χ0v) is 16.4. The average Bonchev–Trinajstić information content (AvgIpc) is 2.52. The Labute approximate surface area is 155 Å². The maximum atomic E-state index is 12.6. The van der Waals surface area contributed by atoms with Gasteiger partial charge < -0.3 is 9.84 Å². The number of anilines is 1. The Morgan fingerprint density at radius 2 is 1.88 bits per heavy atom. The van der Waals surface area contributed by atoms with Gasteiger partial charge in [0.2, 0.25) is 0 Å². The van der Waals surface area contributed by atoms with E-state index in [4.69, 9.17) is 4.74 Å². The minimum absolute atomic E-state index is 0.237. The second kappa shape index (κ2) is 7.45. The minimum Gasteiger partial charge on any atom is -0.507 e. The number of halogens is 1. The molecule has 2 rings (SSSR count). The Morgan fingerprint density at radius 3 is 2.48 bits per heavy atom. The van der Waals surface area contributed by atoms with Crippen LogP contribution in [-0.4, -0.2) is 26.1 Å². The lowest BCUT2D eigenvalue weighted by molar-refractivity contribution is 0.0526. The van der Waals surface area contributed by atoms with Crippen molar-refractivity contribution in [1.82, 2.24) is 0 Å². The van der Waals surface area contributed by atoms with Crippen molar-refractivity contribution in [3.05, 3.63) is 51.5 Å². The normalized spacial score (nSPS) is 11.2. The van der Waals surface area contributed by atoms with Gasteiger partial charge in [0.05, 0.1) is 17.9 Å². The van der Waals surface area contributed by atoms with Crippen LogP contribution in [0.2, 0.25) is 0 Å². The zero-order valence-electron chi connectivity index (χ0n) is 14.0. The number of rotatable bonds is 5. The number of phenolic OH excluding ortho intramolecular Hbond substituents is 1. The summed E-state index contributed by atoms with van der Waals surface area (Å²) in [7, 11) is -4.00. The lowest BCUT2D eigenvalue weighted by atomic mass is 10.1. The van der Waals surface area contributed by atoms with Crippen molar-refractivity contribution >= 4 is 37.6 Å². The van der Waals surface area contributed by atoms with E-state index in [9.17, 15) is 18.3 Å². The standard InChI is InChI=1S/C17H18BrNO5S/c1-4-24-17(21)12-5-6-14(11(3)7-12)19-25(22,23)16-9-13(18)10(2)8-15(16)20/h5-9,19-20H,4H2,1-3H3. The fourth-order valence-corrected chi connectivity index (χ4v) is 3.91. The van der Waals surface area contributed by atoms with Gasteiger partial charge in [-0.2, -0.15) is 0 Å². The second-order valence-corrected chi connectivity index (χ2v) is 7.93. The van der Waals surface area contributed by atoms with Crippen LogP contribution in [-0.2, 0) is 14.8 Å². The van der Waals surface area contributed by atoms with Crippen LogP contribution < -0.4 is 4.72 Å². The number of sulfonamides is 1. The van der Waals surface area contributed by atoms with E-state index in [-0.39, 0.29) is 17.3 Å². The molecule has 0 aliphatic rings. The molecule has 6 nitrogen and oxygen atoms in total. The summed E-state index contributed by atoms with van der Waals surface area (Å²) in [6.07, 6.45) is 0. The monoisotopic (exact) mass is 427 g/mol. The van der Waals surface area contributed by atoms with Gasteiger partial charge in [0.1, 0.15) is 10.6 Å². The molecule has 0 aromatic heterocycles. The molecule has 2 aromatic carbocycles. The largest absolute Gasteiger partial charge is 0.507 e. The summed E-state index contributed by atoms with van der Waals surface area (Å²) in [4.78, 5) is 11.5. The Balaban J connectivity index is 2.35. The molecule has 0 unspecified atom stereocenters. The van der Waals surface area contributed by atoms with E-state index in [2.05, 4.69) is 20.7 Å². The second-order valence-electron chi connectivity index (χ2n) is 5.42. The number of hydrogen-bond donors (Lipinski definition) is 2. The molecule has 0 aliphatic heterocycles. The van der Waals surface area contributed by atoms with Crippen LogP contribution in [0.15, 0.2) is 39.7 Å². The first-order chi connectivity index (χ1) is 11.7. The van der Waals surface area contributed by atoms with Crippen molar-refractivity contribution in [2.45, 2.75) is 25.7 Å². The van der Waals surface area contributed by atoms with Crippen LogP contribution in [0.4, 0.5) is 5.69 Å². The highest BCUT2D eigenvalue weighted by molar-refractivity contribution is 9.10. The van der Waals surface area contributed by atoms with Crippen LogP contribution in [0, 0.1) is 13.8 Å². The number of aromatic hydroxyl groups is 1. The highest BCUT2D eigenvalue weighted by atomic mass is 79.9. The number of carbonyl (C=O) groups excluding carboxylic acids is 1. The maximum Gasteiger partial charge on any atom is 0.338 e. The summed E-state index contributed by atoms with van der Waals surface area (Å²) in [5.74, 6) is -0.811. The van der Waals surface area contributed by atoms with Gasteiger partial charge in [-0.3, -0.25) is 4.72 Å². The van der Waals surface area contributed by atoms with Crippen LogP contribution in [0.5, 0.6) is 5.75 Å². The van der Waals surface area contributed by atoms with Crippen LogP contribution in [0.3, 0.4) is 0 Å². The molecular weight excluding hydrogens is 410 g/mol. The third kappa shape index (κ3) is 4.32. The Kier molecular flexibility index (Phi) is 5.74. The summed E-state index contributed by atoms with van der Waals surface area (Å²) in [5, 5.41) is 9.97. The molecule has 25 heavy (non-hydrogen) atoms. The van der Waals surface area contributed by atoms with Crippen LogP contribution >= 0.6 is 15.9 Å². The van der Waals surface area contributed by atoms with Crippen molar-refractivity contribution in [3.63, 3.8) is 0 Å². The molecule has 0 bridgehead atoms. The fraction of sp³-hybridized carbons (Fsp3) is 0.235. The summed E-state index contributed by atoms with van der Waals surface area (Å²) in [5.41, 5.74) is 1.92. The highest BCUT2D eigenvalue weighted by Gasteiger charge is 2.21. The molecule has 134 valence electrons. The Bertz CT molecular complexity index is 925. The third-order valence-electron chi connectivity index (χ3n) is 3.51. The minimum atomic E-state index is -4.00. The number of carbonyl (C=O) groups is 1. The Hall–Kier alpha value is -2.06. The van der Waals surface area contributed by atoms with E-state index in [0.717, 1.165) is 0 Å². The number of esters is 1. The van der Waals surface area contributed by atoms with Crippen molar-refractivity contribution in [1.29, 1.82) is 0 Å². The molecule has 0 saturated carbocycles. The molecular formula is C17H18BrNO5S. The highest BCUT2D eigenvalue weighted by Crippen LogP contribution is 2.31. The van der Waals surface area contributed by atoms with Gasteiger partial charge in [-0.1, -0.05) is 15.9 Å². The number of benzene rings is 2. The van der Waals surface area contributed by atoms with Gasteiger partial charge in [-0.25, -0.2) is 13.2 Å². The van der Waals surface area contributed by atoms with Gasteiger partial charge in [-0.15, -0.1) is 0 Å². The van der Waals surface area contributed by atoms with Gasteiger partial charge in [0, 0.05) is 4.47 Å². The SMILES string of the molecule is CCOC(=O)c1ccc(NS(=O)(=O)c2cc(Br)c(C)cc2O)c(C)c1. The molecule has 2 aromatic rings. The van der Waals surface area contributed by atoms with Crippen LogP contribution in [0.1, 0.15) is 28.4 Å². The van der Waals surface area contributed by atoms with E-state index in [0.29, 0.717) is 26.9 Å². The lowest BCUT2D eigenvalue weighted by Gasteiger charge is -2.13. The predicted octanol–water partition coefficient (Wildman–Crippen LogP) is 3.75. The van der Waals surface area contributed by atoms with E-state index >= 15 is 0 Å². The first-order valence-electron chi connectivity index (χ1n) is 7.45. The van der Waals surface area contributed by atoms with Gasteiger partial charge in [0.15, 0.2) is 0 Å². The van der Waals surface area contributed by atoms with Crippen molar-refractivity contribution < 1.29 is 23.1 Å². The number of ether oxygens (including phenoxy) is 1. The van der Waals surface area contributed by atoms with E-state index in [1.54, 1.807) is 26.8 Å². The number of nitrogens with one attached hydrogen (secondary N) is 1. The van der Waals surface area contributed by atoms with E-state index < -0.39 is 16.0 Å². The topological polar surface area (TPSA) is 92.7 Å². The number of phenols is 1. The van der Waals surface area contributed by atoms with Crippen molar-refractivity contribution in [2.24, 2.45) is 0 Å². The van der Waals surface area contributed by atoms with Gasteiger partial charge in [-0.05, 0) is 62.2 Å². The molecule has 0 amide bonds. The molecule has 0 radical (unpaired) electrons. The van der Waals surface area contributed by atoms with E-state index in [1.807, 2.05) is 0 Å². The van der Waals surface area contributed by atoms with E-state index in [1.165, 1.54) is 24.3 Å².